The Hall–Kier alpha value is -1.03. The van der Waals surface area contributed by atoms with Crippen LogP contribution in [0, 0.1) is 0 Å². The van der Waals surface area contributed by atoms with Crippen LogP contribution in [-0.4, -0.2) is 16.5 Å². The lowest BCUT2D eigenvalue weighted by atomic mass is 10.2. The second kappa shape index (κ2) is 2.92. The molecule has 0 aliphatic heterocycles. The van der Waals surface area contributed by atoms with Crippen LogP contribution < -0.4 is 0 Å². The number of carbonyl (C=O) groups excluding carboxylic acids is 1. The number of hydrogen-bond donors (Lipinski definition) is 2. The third-order valence-electron chi connectivity index (χ3n) is 1.19. The number of hydrogen-bond acceptors (Lipinski definition) is 3. The van der Waals surface area contributed by atoms with Gasteiger partial charge in [-0.25, -0.2) is 0 Å². The van der Waals surface area contributed by atoms with E-state index in [1.165, 1.54) is 6.07 Å². The van der Waals surface area contributed by atoms with Crippen LogP contribution in [0.15, 0.2) is 16.6 Å². The molecule has 11 heavy (non-hydrogen) atoms. The molecule has 0 heterocycles. The number of halogens is 1. The highest BCUT2D eigenvalue weighted by atomic mass is 79.9. The average Bonchev–Trinajstić information content (AvgIpc) is 1.96. The van der Waals surface area contributed by atoms with Crippen LogP contribution in [0.25, 0.3) is 0 Å². The van der Waals surface area contributed by atoms with Gasteiger partial charge in [0.1, 0.15) is 11.5 Å². The smallest absolute Gasteiger partial charge is 0.151 e. The highest BCUT2D eigenvalue weighted by molar-refractivity contribution is 9.10. The van der Waals surface area contributed by atoms with Gasteiger partial charge in [0, 0.05) is 11.6 Å². The predicted octanol–water partition coefficient (Wildman–Crippen LogP) is 1.67. The molecule has 0 unspecified atom stereocenters. The molecule has 0 bridgehead atoms. The molecule has 0 atom stereocenters. The van der Waals surface area contributed by atoms with E-state index in [2.05, 4.69) is 15.9 Å². The number of benzene rings is 1. The molecule has 0 aliphatic carbocycles. The van der Waals surface area contributed by atoms with Gasteiger partial charge in [0.25, 0.3) is 0 Å². The Labute approximate surface area is 71.4 Å². The zero-order valence-electron chi connectivity index (χ0n) is 5.41. The molecule has 3 nitrogen and oxygen atoms in total. The molecule has 0 fully saturated rings. The van der Waals surface area contributed by atoms with Crippen LogP contribution in [0.3, 0.4) is 0 Å². The van der Waals surface area contributed by atoms with Crippen molar-refractivity contribution in [2.24, 2.45) is 0 Å². The number of phenolic OH excluding ortho intramolecular Hbond substituents is 2. The van der Waals surface area contributed by atoms with Gasteiger partial charge in [-0.1, -0.05) is 0 Å². The molecular weight excluding hydrogens is 212 g/mol. The van der Waals surface area contributed by atoms with Gasteiger partial charge in [-0.05, 0) is 22.0 Å². The summed E-state index contributed by atoms with van der Waals surface area (Å²) in [6.07, 6.45) is 0.545. The van der Waals surface area contributed by atoms with Gasteiger partial charge < -0.3 is 10.2 Å². The lowest BCUT2D eigenvalue weighted by Crippen LogP contribution is -1.81. The van der Waals surface area contributed by atoms with Crippen LogP contribution in [0.5, 0.6) is 11.5 Å². The first kappa shape index (κ1) is 8.07. The monoisotopic (exact) mass is 216 g/mol. The molecule has 1 aromatic carbocycles. The van der Waals surface area contributed by atoms with E-state index in [1.807, 2.05) is 0 Å². The third-order valence-corrected chi connectivity index (χ3v) is 2.06. The van der Waals surface area contributed by atoms with E-state index in [0.717, 1.165) is 6.07 Å². The van der Waals surface area contributed by atoms with Crippen molar-refractivity contribution in [3.8, 4) is 11.5 Å². The van der Waals surface area contributed by atoms with Gasteiger partial charge in [0.15, 0.2) is 6.29 Å². The number of rotatable bonds is 1. The Morgan fingerprint density at radius 1 is 1.36 bits per heavy atom. The van der Waals surface area contributed by atoms with Crippen molar-refractivity contribution in [2.75, 3.05) is 0 Å². The van der Waals surface area contributed by atoms with E-state index in [1.54, 1.807) is 0 Å². The molecule has 2 N–H and O–H groups in total. The van der Waals surface area contributed by atoms with Crippen LogP contribution in [-0.2, 0) is 0 Å². The normalized spacial score (nSPS) is 9.55. The van der Waals surface area contributed by atoms with Crippen LogP contribution in [0.4, 0.5) is 0 Å². The van der Waals surface area contributed by atoms with Crippen molar-refractivity contribution in [1.82, 2.24) is 0 Å². The molecular formula is C7H5BrO3. The Kier molecular flexibility index (Phi) is 2.14. The Morgan fingerprint density at radius 3 is 2.55 bits per heavy atom. The summed E-state index contributed by atoms with van der Waals surface area (Å²) in [6, 6.07) is 2.41. The first-order valence-electron chi connectivity index (χ1n) is 2.82. The summed E-state index contributed by atoms with van der Waals surface area (Å²) in [5.74, 6) is -0.278. The van der Waals surface area contributed by atoms with Crippen LogP contribution in [0.1, 0.15) is 10.4 Å². The quantitative estimate of drug-likeness (QED) is 0.703. The van der Waals surface area contributed by atoms with Gasteiger partial charge in [-0.3, -0.25) is 4.79 Å². The number of aromatic hydroxyl groups is 2. The Bertz CT molecular complexity index is 296. The zero-order valence-corrected chi connectivity index (χ0v) is 7.00. The number of phenols is 2. The summed E-state index contributed by atoms with van der Waals surface area (Å²) in [4.78, 5) is 10.3. The van der Waals surface area contributed by atoms with Gasteiger partial charge in [0.2, 0.25) is 0 Å². The minimum absolute atomic E-state index is 0.132. The molecule has 0 saturated carbocycles. The summed E-state index contributed by atoms with van der Waals surface area (Å²) >= 11 is 2.98. The fourth-order valence-electron chi connectivity index (χ4n) is 0.701. The topological polar surface area (TPSA) is 57.5 Å². The summed E-state index contributed by atoms with van der Waals surface area (Å²) in [5.41, 5.74) is 0.225. The first-order valence-corrected chi connectivity index (χ1v) is 3.61. The maximum Gasteiger partial charge on any atom is 0.151 e. The molecule has 58 valence electrons. The largest absolute Gasteiger partial charge is 0.508 e. The Morgan fingerprint density at radius 2 is 2.00 bits per heavy atom. The van der Waals surface area contributed by atoms with Crippen molar-refractivity contribution < 1.29 is 15.0 Å². The van der Waals surface area contributed by atoms with E-state index < -0.39 is 0 Å². The van der Waals surface area contributed by atoms with Gasteiger partial charge in [0.05, 0.1) is 4.47 Å². The standard InChI is InChI=1S/C7H5BrO3/c8-7-4(3-9)1-5(10)2-6(7)11/h1-3,10-11H. The average molecular weight is 217 g/mol. The maximum absolute atomic E-state index is 10.3. The molecule has 0 aromatic heterocycles. The van der Waals surface area contributed by atoms with Crippen molar-refractivity contribution in [3.63, 3.8) is 0 Å². The number of carbonyl (C=O) groups is 1. The predicted molar refractivity (Wildman–Crippen MR) is 42.9 cm³/mol. The first-order chi connectivity index (χ1) is 5.15. The summed E-state index contributed by atoms with van der Waals surface area (Å²) in [7, 11) is 0. The van der Waals surface area contributed by atoms with Crippen LogP contribution in [0.2, 0.25) is 0 Å². The molecule has 0 spiro atoms. The van der Waals surface area contributed by atoms with E-state index in [4.69, 9.17) is 10.2 Å². The minimum Gasteiger partial charge on any atom is -0.508 e. The molecule has 0 amide bonds. The van der Waals surface area contributed by atoms with E-state index in [0.29, 0.717) is 10.8 Å². The lowest BCUT2D eigenvalue weighted by molar-refractivity contribution is 0.112. The third kappa shape index (κ3) is 1.51. The van der Waals surface area contributed by atoms with Gasteiger partial charge >= 0.3 is 0 Å². The second-order valence-electron chi connectivity index (χ2n) is 1.99. The molecule has 1 aromatic rings. The van der Waals surface area contributed by atoms with Crippen LogP contribution >= 0.6 is 15.9 Å². The molecule has 4 heteroatoms. The molecule has 0 radical (unpaired) electrons. The molecule has 1 rings (SSSR count). The van der Waals surface area contributed by atoms with Crippen molar-refractivity contribution in [1.29, 1.82) is 0 Å². The van der Waals surface area contributed by atoms with Gasteiger partial charge in [-0.2, -0.15) is 0 Å². The summed E-state index contributed by atoms with van der Waals surface area (Å²) in [6.45, 7) is 0. The second-order valence-corrected chi connectivity index (χ2v) is 2.78. The summed E-state index contributed by atoms with van der Waals surface area (Å²) < 4.78 is 0.297. The Balaban J connectivity index is 3.35. The molecule has 0 aliphatic rings. The van der Waals surface area contributed by atoms with E-state index >= 15 is 0 Å². The van der Waals surface area contributed by atoms with Crippen molar-refractivity contribution in [3.05, 3.63) is 22.2 Å². The molecule has 0 saturated heterocycles. The minimum atomic E-state index is -0.146. The highest BCUT2D eigenvalue weighted by Crippen LogP contribution is 2.30. The van der Waals surface area contributed by atoms with E-state index in [9.17, 15) is 4.79 Å². The SMILES string of the molecule is O=Cc1cc(O)cc(O)c1Br. The lowest BCUT2D eigenvalue weighted by Gasteiger charge is -1.99. The number of aldehydes is 1. The maximum atomic E-state index is 10.3. The summed E-state index contributed by atoms with van der Waals surface area (Å²) in [5, 5.41) is 18.0. The van der Waals surface area contributed by atoms with Gasteiger partial charge in [-0.15, -0.1) is 0 Å². The fourth-order valence-corrected chi connectivity index (χ4v) is 1.02. The van der Waals surface area contributed by atoms with Crippen molar-refractivity contribution >= 4 is 22.2 Å². The highest BCUT2D eigenvalue weighted by Gasteiger charge is 2.05. The zero-order chi connectivity index (χ0) is 8.43. The van der Waals surface area contributed by atoms with E-state index in [-0.39, 0.29) is 17.1 Å². The van der Waals surface area contributed by atoms with Crippen molar-refractivity contribution in [2.45, 2.75) is 0 Å². The fraction of sp³-hybridized carbons (Fsp3) is 0.